The lowest BCUT2D eigenvalue weighted by atomic mass is 10.1. The zero-order chi connectivity index (χ0) is 21.0. The maximum atomic E-state index is 12.2. The molecule has 29 heavy (non-hydrogen) atoms. The molecule has 0 radical (unpaired) electrons. The second kappa shape index (κ2) is 8.47. The van der Waals surface area contributed by atoms with Crippen molar-refractivity contribution in [3.63, 3.8) is 0 Å². The van der Waals surface area contributed by atoms with E-state index in [2.05, 4.69) is 5.32 Å². The summed E-state index contributed by atoms with van der Waals surface area (Å²) in [7, 11) is 0. The van der Waals surface area contributed by atoms with Gasteiger partial charge >= 0.3 is 5.97 Å². The number of ether oxygens (including phenoxy) is 1. The predicted octanol–water partition coefficient (Wildman–Crippen LogP) is 2.06. The van der Waals surface area contributed by atoms with Crippen LogP contribution in [0.4, 0.5) is 5.69 Å². The summed E-state index contributed by atoms with van der Waals surface area (Å²) in [5, 5.41) is 2.53. The number of fused-ring (bicyclic) bond motifs is 1. The maximum absolute atomic E-state index is 12.2. The van der Waals surface area contributed by atoms with Crippen molar-refractivity contribution in [2.45, 2.75) is 13.3 Å². The van der Waals surface area contributed by atoms with Crippen molar-refractivity contribution in [3.8, 4) is 0 Å². The molecule has 0 aliphatic carbocycles. The molecule has 0 spiro atoms. The van der Waals surface area contributed by atoms with Crippen molar-refractivity contribution < 1.29 is 28.7 Å². The minimum Gasteiger partial charge on any atom is -0.456 e. The first-order chi connectivity index (χ1) is 13.9. The second-order valence-electron chi connectivity index (χ2n) is 6.40. The van der Waals surface area contributed by atoms with Crippen LogP contribution in [0.1, 0.15) is 44.4 Å². The molecule has 2 aromatic carbocycles. The number of carbonyl (C=O) groups excluding carboxylic acids is 5. The highest BCUT2D eigenvalue weighted by Gasteiger charge is 2.35. The summed E-state index contributed by atoms with van der Waals surface area (Å²) in [6.07, 6.45) is -0.224. The lowest BCUT2D eigenvalue weighted by Crippen LogP contribution is -2.32. The quantitative estimate of drug-likeness (QED) is 0.437. The van der Waals surface area contributed by atoms with Gasteiger partial charge in [-0.3, -0.25) is 28.9 Å². The molecular formula is C21H18N2O6. The van der Waals surface area contributed by atoms with Crippen molar-refractivity contribution in [3.05, 3.63) is 65.2 Å². The molecule has 1 aliphatic heterocycles. The fraction of sp³-hybridized carbons (Fsp3) is 0.190. The molecule has 0 saturated heterocycles. The third-order valence-electron chi connectivity index (χ3n) is 4.33. The van der Waals surface area contributed by atoms with Gasteiger partial charge in [0, 0.05) is 17.8 Å². The Morgan fingerprint density at radius 2 is 1.62 bits per heavy atom. The number of hydrogen-bond acceptors (Lipinski definition) is 6. The Morgan fingerprint density at radius 3 is 2.24 bits per heavy atom. The Labute approximate surface area is 166 Å². The van der Waals surface area contributed by atoms with Gasteiger partial charge in [-0.15, -0.1) is 0 Å². The number of amides is 3. The molecule has 1 N–H and O–H groups in total. The molecular weight excluding hydrogens is 376 g/mol. The first-order valence-corrected chi connectivity index (χ1v) is 8.88. The van der Waals surface area contributed by atoms with Gasteiger partial charge < -0.3 is 10.1 Å². The van der Waals surface area contributed by atoms with E-state index in [9.17, 15) is 24.0 Å². The smallest absolute Gasteiger partial charge is 0.308 e. The number of nitrogens with one attached hydrogen (secondary N) is 1. The van der Waals surface area contributed by atoms with E-state index >= 15 is 0 Å². The topological polar surface area (TPSA) is 110 Å². The van der Waals surface area contributed by atoms with Crippen LogP contribution in [0.2, 0.25) is 0 Å². The first kappa shape index (κ1) is 19.9. The highest BCUT2D eigenvalue weighted by molar-refractivity contribution is 6.21. The van der Waals surface area contributed by atoms with Crippen LogP contribution in [0.5, 0.6) is 0 Å². The van der Waals surface area contributed by atoms with E-state index < -0.39 is 30.3 Å². The highest BCUT2D eigenvalue weighted by Crippen LogP contribution is 2.22. The lowest BCUT2D eigenvalue weighted by Gasteiger charge is -2.13. The standard InChI is InChI=1S/C21H18N2O6/c1-13(24)14-5-4-6-15(11-14)22-18(25)12-29-19(26)9-10-23-20(27)16-7-2-3-8-17(16)21(23)28/h2-8,11H,9-10,12H2,1H3,(H,22,25). The molecule has 0 bridgehead atoms. The van der Waals surface area contributed by atoms with Gasteiger partial charge in [-0.2, -0.15) is 0 Å². The van der Waals surface area contributed by atoms with Gasteiger partial charge in [0.2, 0.25) is 0 Å². The van der Waals surface area contributed by atoms with Crippen LogP contribution in [-0.2, 0) is 14.3 Å². The summed E-state index contributed by atoms with van der Waals surface area (Å²) in [5.74, 6) is -2.34. The number of hydrogen-bond donors (Lipinski definition) is 1. The molecule has 1 heterocycles. The average molecular weight is 394 g/mol. The van der Waals surface area contributed by atoms with Gasteiger partial charge in [-0.05, 0) is 31.2 Å². The molecule has 0 aromatic heterocycles. The summed E-state index contributed by atoms with van der Waals surface area (Å²) in [5.41, 5.74) is 1.46. The van der Waals surface area contributed by atoms with Crippen LogP contribution in [0, 0.1) is 0 Å². The number of imide groups is 1. The van der Waals surface area contributed by atoms with E-state index in [0.29, 0.717) is 22.4 Å². The molecule has 8 nitrogen and oxygen atoms in total. The van der Waals surface area contributed by atoms with Crippen LogP contribution < -0.4 is 5.32 Å². The van der Waals surface area contributed by atoms with Crippen LogP contribution in [0.3, 0.4) is 0 Å². The zero-order valence-electron chi connectivity index (χ0n) is 15.6. The van der Waals surface area contributed by atoms with Gasteiger partial charge in [-0.1, -0.05) is 24.3 Å². The third-order valence-corrected chi connectivity index (χ3v) is 4.33. The molecule has 1 aliphatic rings. The van der Waals surface area contributed by atoms with Crippen molar-refractivity contribution in [1.29, 1.82) is 0 Å². The summed E-state index contributed by atoms with van der Waals surface area (Å²) < 4.78 is 4.89. The summed E-state index contributed by atoms with van der Waals surface area (Å²) in [6, 6.07) is 12.8. The van der Waals surface area contributed by atoms with Crippen molar-refractivity contribution in [2.24, 2.45) is 0 Å². The normalized spacial score (nSPS) is 12.5. The van der Waals surface area contributed by atoms with Gasteiger partial charge in [-0.25, -0.2) is 0 Å². The number of carbonyl (C=O) groups is 5. The summed E-state index contributed by atoms with van der Waals surface area (Å²) >= 11 is 0. The van der Waals surface area contributed by atoms with Crippen LogP contribution in [0.25, 0.3) is 0 Å². The second-order valence-corrected chi connectivity index (χ2v) is 6.40. The SMILES string of the molecule is CC(=O)c1cccc(NC(=O)COC(=O)CCN2C(=O)c3ccccc3C2=O)c1. The molecule has 3 amide bonds. The molecule has 148 valence electrons. The number of Topliss-reactive ketones (excluding diaryl/α,β-unsaturated/α-hetero) is 1. The first-order valence-electron chi connectivity index (χ1n) is 8.88. The molecule has 0 fully saturated rings. The Balaban J connectivity index is 1.46. The fourth-order valence-electron chi connectivity index (χ4n) is 2.88. The largest absolute Gasteiger partial charge is 0.456 e. The summed E-state index contributed by atoms with van der Waals surface area (Å²) in [6.45, 7) is 0.760. The molecule has 2 aromatic rings. The molecule has 3 rings (SSSR count). The molecule has 8 heteroatoms. The van der Waals surface area contributed by atoms with E-state index in [1.165, 1.54) is 13.0 Å². The Morgan fingerprint density at radius 1 is 0.966 bits per heavy atom. The number of benzene rings is 2. The number of esters is 1. The van der Waals surface area contributed by atoms with E-state index in [1.807, 2.05) is 0 Å². The predicted molar refractivity (Wildman–Crippen MR) is 102 cm³/mol. The average Bonchev–Trinajstić information content (AvgIpc) is 2.95. The molecule has 0 saturated carbocycles. The van der Waals surface area contributed by atoms with Crippen molar-refractivity contribution in [1.82, 2.24) is 4.90 Å². The lowest BCUT2D eigenvalue weighted by molar-refractivity contribution is -0.147. The van der Waals surface area contributed by atoms with Crippen molar-refractivity contribution in [2.75, 3.05) is 18.5 Å². The Hall–Kier alpha value is -3.81. The van der Waals surface area contributed by atoms with Crippen LogP contribution in [0.15, 0.2) is 48.5 Å². The Bertz CT molecular complexity index is 979. The monoisotopic (exact) mass is 394 g/mol. The van der Waals surface area contributed by atoms with E-state index in [4.69, 9.17) is 4.74 Å². The van der Waals surface area contributed by atoms with E-state index in [0.717, 1.165) is 4.90 Å². The summed E-state index contributed by atoms with van der Waals surface area (Å²) in [4.78, 5) is 60.6. The van der Waals surface area contributed by atoms with Gasteiger partial charge in [0.1, 0.15) is 0 Å². The fourth-order valence-corrected chi connectivity index (χ4v) is 2.88. The highest BCUT2D eigenvalue weighted by atomic mass is 16.5. The minimum atomic E-state index is -0.714. The number of anilines is 1. The van der Waals surface area contributed by atoms with Gasteiger partial charge in [0.15, 0.2) is 12.4 Å². The van der Waals surface area contributed by atoms with Crippen molar-refractivity contribution >= 4 is 35.2 Å². The van der Waals surface area contributed by atoms with E-state index in [1.54, 1.807) is 42.5 Å². The van der Waals surface area contributed by atoms with Crippen LogP contribution in [-0.4, -0.2) is 47.5 Å². The van der Waals surface area contributed by atoms with Crippen LogP contribution >= 0.6 is 0 Å². The third kappa shape index (κ3) is 4.55. The minimum absolute atomic E-state index is 0.131. The van der Waals surface area contributed by atoms with Gasteiger partial charge in [0.25, 0.3) is 17.7 Å². The van der Waals surface area contributed by atoms with Gasteiger partial charge in [0.05, 0.1) is 17.5 Å². The Kier molecular flexibility index (Phi) is 5.82. The van der Waals surface area contributed by atoms with E-state index in [-0.39, 0.29) is 18.7 Å². The number of rotatable bonds is 7. The zero-order valence-corrected chi connectivity index (χ0v) is 15.6. The molecule has 0 unspecified atom stereocenters. The maximum Gasteiger partial charge on any atom is 0.308 e. The molecule has 0 atom stereocenters. The number of ketones is 1. The number of nitrogens with zero attached hydrogens (tertiary/aromatic N) is 1.